The standard InChI is InChI=1S/C32H28N6O3/c1-41-32-29(30(39)31(32)40)35-22-11-13-38(14-12-22)17-19-7-9-21(10-8-19)28-27(20-5-3-2-4-6-20)36-25-15-23-24(34-18-33-23)16-26(25)37-28/h2-10,15-16,18,22,35,37H,11-14,17H2,1H3. The Kier molecular flexibility index (Phi) is 6.28. The summed E-state index contributed by atoms with van der Waals surface area (Å²) < 4.78 is 5.06. The first-order valence-electron chi connectivity index (χ1n) is 13.7. The molecule has 0 unspecified atom stereocenters. The first kappa shape index (κ1) is 25.1. The Balaban J connectivity index is 1.10. The number of ether oxygens (including phenoxy) is 1. The predicted molar refractivity (Wildman–Crippen MR) is 160 cm³/mol. The predicted octanol–water partition coefficient (Wildman–Crippen LogP) is 4.52. The zero-order valence-electron chi connectivity index (χ0n) is 22.6. The normalized spacial score (nSPS) is 14.7. The minimum absolute atomic E-state index is 0.152. The zero-order chi connectivity index (χ0) is 27.9. The zero-order valence-corrected chi connectivity index (χ0v) is 22.6. The third-order valence-electron chi connectivity index (χ3n) is 7.92. The van der Waals surface area contributed by atoms with Gasteiger partial charge in [-0.05, 0) is 30.5 Å². The molecule has 0 amide bonds. The smallest absolute Gasteiger partial charge is 0.271 e. The van der Waals surface area contributed by atoms with E-state index in [4.69, 9.17) is 9.72 Å². The Morgan fingerprint density at radius 1 is 0.902 bits per heavy atom. The van der Waals surface area contributed by atoms with Gasteiger partial charge in [0.05, 0.1) is 40.6 Å². The lowest BCUT2D eigenvalue weighted by Gasteiger charge is -2.33. The average Bonchev–Trinajstić information content (AvgIpc) is 3.48. The second kappa shape index (κ2) is 10.3. The highest BCUT2D eigenvalue weighted by atomic mass is 16.5. The van der Waals surface area contributed by atoms with E-state index >= 15 is 0 Å². The molecule has 3 heterocycles. The van der Waals surface area contributed by atoms with Gasteiger partial charge in [0.25, 0.3) is 10.9 Å². The monoisotopic (exact) mass is 544 g/mol. The summed E-state index contributed by atoms with van der Waals surface area (Å²) in [6.45, 7) is 2.64. The van der Waals surface area contributed by atoms with Crippen LogP contribution in [0.5, 0.6) is 5.75 Å². The van der Waals surface area contributed by atoms with Gasteiger partial charge in [-0.2, -0.15) is 0 Å². The molecule has 0 bridgehead atoms. The third-order valence-corrected chi connectivity index (χ3v) is 7.92. The topological polar surface area (TPSA) is 113 Å². The van der Waals surface area contributed by atoms with Crippen molar-refractivity contribution >= 4 is 27.8 Å². The SMILES string of the molecule is COc1c(NC2CCN(Cc3ccc(-c4[nH]c5cc6ncnc6cc5nc4-c4ccccc4)cc3)CC2)c(=O)c1=O. The molecule has 2 N–H and O–H groups in total. The van der Waals surface area contributed by atoms with Crippen molar-refractivity contribution in [2.45, 2.75) is 25.4 Å². The number of hydrogen-bond acceptors (Lipinski definition) is 8. The molecule has 7 rings (SSSR count). The van der Waals surface area contributed by atoms with Gasteiger partial charge < -0.3 is 15.0 Å². The van der Waals surface area contributed by atoms with Crippen LogP contribution in [0.1, 0.15) is 18.4 Å². The van der Waals surface area contributed by atoms with Crippen molar-refractivity contribution in [1.82, 2.24) is 24.8 Å². The summed E-state index contributed by atoms with van der Waals surface area (Å²) >= 11 is 0. The van der Waals surface area contributed by atoms with Crippen molar-refractivity contribution in [1.29, 1.82) is 0 Å². The number of H-pyrrole nitrogens is 1. The van der Waals surface area contributed by atoms with Gasteiger partial charge in [0, 0.05) is 36.8 Å². The Morgan fingerprint density at radius 2 is 1.63 bits per heavy atom. The van der Waals surface area contributed by atoms with Crippen molar-refractivity contribution in [2.24, 2.45) is 0 Å². The third kappa shape index (κ3) is 4.64. The van der Waals surface area contributed by atoms with Crippen LogP contribution in [-0.4, -0.2) is 51.1 Å². The fourth-order valence-corrected chi connectivity index (χ4v) is 5.67. The average molecular weight is 545 g/mol. The quantitative estimate of drug-likeness (QED) is 0.282. The molecule has 1 aliphatic rings. The molecule has 1 fully saturated rings. The minimum Gasteiger partial charge on any atom is -0.491 e. The largest absolute Gasteiger partial charge is 0.491 e. The Labute approximate surface area is 235 Å². The van der Waals surface area contributed by atoms with Gasteiger partial charge in [0.1, 0.15) is 12.0 Å². The summed E-state index contributed by atoms with van der Waals surface area (Å²) in [7, 11) is 1.42. The fourth-order valence-electron chi connectivity index (χ4n) is 5.67. The van der Waals surface area contributed by atoms with E-state index in [9.17, 15) is 9.59 Å². The van der Waals surface area contributed by atoms with E-state index in [1.54, 1.807) is 6.33 Å². The van der Waals surface area contributed by atoms with Crippen LogP contribution in [0, 0.1) is 0 Å². The van der Waals surface area contributed by atoms with Gasteiger partial charge in [-0.15, -0.1) is 0 Å². The summed E-state index contributed by atoms with van der Waals surface area (Å²) in [6.07, 6.45) is 3.35. The minimum atomic E-state index is -0.544. The molecular weight excluding hydrogens is 516 g/mol. The van der Waals surface area contributed by atoms with Crippen LogP contribution in [0.4, 0.5) is 5.69 Å². The molecule has 0 atom stereocenters. The fraction of sp³-hybridized carbons (Fsp3) is 0.219. The van der Waals surface area contributed by atoms with Crippen LogP contribution in [0.3, 0.4) is 0 Å². The number of benzene rings is 3. The van der Waals surface area contributed by atoms with Gasteiger partial charge in [-0.3, -0.25) is 14.5 Å². The number of aromatic amines is 1. The molecule has 1 saturated heterocycles. The maximum absolute atomic E-state index is 11.9. The maximum Gasteiger partial charge on any atom is 0.271 e. The van der Waals surface area contributed by atoms with Gasteiger partial charge in [-0.25, -0.2) is 15.0 Å². The Bertz CT molecular complexity index is 1930. The van der Waals surface area contributed by atoms with Crippen molar-refractivity contribution in [2.75, 3.05) is 25.5 Å². The van der Waals surface area contributed by atoms with Gasteiger partial charge >= 0.3 is 0 Å². The highest BCUT2D eigenvalue weighted by Gasteiger charge is 2.26. The van der Waals surface area contributed by atoms with E-state index in [0.717, 1.165) is 77.1 Å². The number of likely N-dealkylation sites (tertiary alicyclic amines) is 1. The number of piperidine rings is 1. The lowest BCUT2D eigenvalue weighted by atomic mass is 10.0. The number of hydrogen-bond donors (Lipinski definition) is 2. The van der Waals surface area contributed by atoms with E-state index in [1.807, 2.05) is 30.3 Å². The van der Waals surface area contributed by atoms with Crippen molar-refractivity contribution in [3.8, 4) is 28.3 Å². The number of fused-ring (bicyclic) bond motifs is 2. The number of methoxy groups -OCH3 is 1. The maximum atomic E-state index is 11.9. The summed E-state index contributed by atoms with van der Waals surface area (Å²) in [4.78, 5) is 43.3. The van der Waals surface area contributed by atoms with Crippen LogP contribution in [0.15, 0.2) is 82.6 Å². The lowest BCUT2D eigenvalue weighted by molar-refractivity contribution is 0.211. The van der Waals surface area contributed by atoms with Crippen LogP contribution >= 0.6 is 0 Å². The Hall–Kier alpha value is -4.89. The van der Waals surface area contributed by atoms with E-state index in [-0.39, 0.29) is 11.8 Å². The van der Waals surface area contributed by atoms with Crippen LogP contribution in [0.25, 0.3) is 44.6 Å². The molecule has 6 aromatic rings. The molecule has 2 aromatic heterocycles. The lowest BCUT2D eigenvalue weighted by Crippen LogP contribution is -2.42. The summed E-state index contributed by atoms with van der Waals surface area (Å²) in [6, 6.07) is 23.0. The second-order valence-electron chi connectivity index (χ2n) is 10.5. The number of imidazole rings is 1. The van der Waals surface area contributed by atoms with Gasteiger partial charge in [-0.1, -0.05) is 54.6 Å². The molecule has 204 valence electrons. The van der Waals surface area contributed by atoms with E-state index in [2.05, 4.69) is 61.6 Å². The van der Waals surface area contributed by atoms with Gasteiger partial charge in [0.15, 0.2) is 5.75 Å². The molecule has 41 heavy (non-hydrogen) atoms. The molecule has 1 aliphatic heterocycles. The molecule has 9 heteroatoms. The van der Waals surface area contributed by atoms with Crippen LogP contribution < -0.4 is 20.9 Å². The summed E-state index contributed by atoms with van der Waals surface area (Å²) in [5.74, 6) is 0.153. The first-order valence-corrected chi connectivity index (χ1v) is 13.7. The highest BCUT2D eigenvalue weighted by molar-refractivity contribution is 5.94. The molecule has 9 nitrogen and oxygen atoms in total. The van der Waals surface area contributed by atoms with Crippen molar-refractivity contribution in [3.63, 3.8) is 0 Å². The molecule has 4 aromatic carbocycles. The number of nitrogens with zero attached hydrogens (tertiary/aromatic N) is 4. The first-order chi connectivity index (χ1) is 20.1. The molecular formula is C32H28N6O3. The molecule has 0 saturated carbocycles. The second-order valence-corrected chi connectivity index (χ2v) is 10.5. The van der Waals surface area contributed by atoms with E-state index in [1.165, 1.54) is 12.7 Å². The number of aromatic nitrogens is 4. The highest BCUT2D eigenvalue weighted by Crippen LogP contribution is 2.32. The van der Waals surface area contributed by atoms with Crippen molar-refractivity contribution < 1.29 is 4.74 Å². The Morgan fingerprint density at radius 3 is 2.37 bits per heavy atom. The number of rotatable bonds is 7. The van der Waals surface area contributed by atoms with Crippen LogP contribution in [-0.2, 0) is 6.54 Å². The molecule has 0 aliphatic carbocycles. The van der Waals surface area contributed by atoms with E-state index in [0.29, 0.717) is 5.69 Å². The number of nitrogens with one attached hydrogen (secondary N) is 2. The molecule has 0 spiro atoms. The van der Waals surface area contributed by atoms with Gasteiger partial charge in [0.2, 0.25) is 0 Å². The van der Waals surface area contributed by atoms with Crippen molar-refractivity contribution in [3.05, 3.63) is 99.1 Å². The summed E-state index contributed by atoms with van der Waals surface area (Å²) in [5, 5.41) is 3.23. The summed E-state index contributed by atoms with van der Waals surface area (Å²) in [5.41, 5.74) is 7.90. The van der Waals surface area contributed by atoms with Crippen LogP contribution in [0.2, 0.25) is 0 Å². The van der Waals surface area contributed by atoms with E-state index < -0.39 is 10.9 Å². The number of anilines is 1. The molecule has 0 radical (unpaired) electrons.